The first-order chi connectivity index (χ1) is 6.36. The van der Waals surface area contributed by atoms with Gasteiger partial charge in [-0.3, -0.25) is 0 Å². The van der Waals surface area contributed by atoms with Crippen LogP contribution < -0.4 is 0 Å². The molecule has 1 N–H and O–H groups in total. The molecule has 0 aromatic carbocycles. The Bertz CT molecular complexity index is 148. The SMILES string of the molecule is OC(CCC1CCCO1)C1CCC1. The molecule has 2 aliphatic rings. The normalized spacial score (nSPS) is 31.6. The van der Waals surface area contributed by atoms with Gasteiger partial charge in [0.15, 0.2) is 0 Å². The van der Waals surface area contributed by atoms with Crippen molar-refractivity contribution in [3.8, 4) is 0 Å². The molecule has 0 spiro atoms. The van der Waals surface area contributed by atoms with Crippen LogP contribution in [-0.4, -0.2) is 23.9 Å². The van der Waals surface area contributed by atoms with E-state index < -0.39 is 0 Å². The van der Waals surface area contributed by atoms with Crippen LogP contribution in [0.5, 0.6) is 0 Å². The summed E-state index contributed by atoms with van der Waals surface area (Å²) in [6.07, 6.45) is 8.66. The number of rotatable bonds is 4. The Labute approximate surface area is 80.3 Å². The minimum Gasteiger partial charge on any atom is -0.393 e. The molecule has 2 fully saturated rings. The molecule has 1 saturated carbocycles. The fourth-order valence-corrected chi connectivity index (χ4v) is 2.29. The Morgan fingerprint density at radius 3 is 2.62 bits per heavy atom. The van der Waals surface area contributed by atoms with Gasteiger partial charge in [0.1, 0.15) is 0 Å². The molecule has 2 nitrogen and oxygen atoms in total. The Morgan fingerprint density at radius 1 is 1.23 bits per heavy atom. The van der Waals surface area contributed by atoms with Crippen molar-refractivity contribution in [1.29, 1.82) is 0 Å². The number of ether oxygens (including phenoxy) is 1. The van der Waals surface area contributed by atoms with Crippen molar-refractivity contribution in [2.24, 2.45) is 5.92 Å². The molecule has 1 heterocycles. The minimum atomic E-state index is -0.0436. The van der Waals surface area contributed by atoms with Crippen molar-refractivity contribution in [3.05, 3.63) is 0 Å². The highest BCUT2D eigenvalue weighted by Crippen LogP contribution is 2.32. The smallest absolute Gasteiger partial charge is 0.0577 e. The molecule has 2 unspecified atom stereocenters. The molecule has 2 atom stereocenters. The molecule has 0 bridgehead atoms. The van der Waals surface area contributed by atoms with Crippen LogP contribution in [0.1, 0.15) is 44.9 Å². The molecular formula is C11H20O2. The fourth-order valence-electron chi connectivity index (χ4n) is 2.29. The van der Waals surface area contributed by atoms with Crippen LogP contribution in [0.4, 0.5) is 0 Å². The average Bonchev–Trinajstić information content (AvgIpc) is 2.49. The molecule has 1 saturated heterocycles. The van der Waals surface area contributed by atoms with Gasteiger partial charge in [-0.2, -0.15) is 0 Å². The summed E-state index contributed by atoms with van der Waals surface area (Å²) in [6, 6.07) is 0. The van der Waals surface area contributed by atoms with Crippen LogP contribution in [0, 0.1) is 5.92 Å². The Hall–Kier alpha value is -0.0800. The first-order valence-corrected chi connectivity index (χ1v) is 5.66. The van der Waals surface area contributed by atoms with Gasteiger partial charge < -0.3 is 9.84 Å². The maximum absolute atomic E-state index is 9.77. The van der Waals surface area contributed by atoms with Crippen LogP contribution in [-0.2, 0) is 4.74 Å². The molecule has 0 aromatic heterocycles. The molecule has 76 valence electrons. The Morgan fingerprint density at radius 2 is 2.08 bits per heavy atom. The molecule has 2 rings (SSSR count). The number of hydrogen-bond acceptors (Lipinski definition) is 2. The molecule has 0 amide bonds. The first-order valence-electron chi connectivity index (χ1n) is 5.66. The zero-order valence-electron chi connectivity index (χ0n) is 8.24. The van der Waals surface area contributed by atoms with Gasteiger partial charge in [0.25, 0.3) is 0 Å². The second-order valence-electron chi connectivity index (χ2n) is 4.47. The summed E-state index contributed by atoms with van der Waals surface area (Å²) >= 11 is 0. The zero-order chi connectivity index (χ0) is 9.10. The summed E-state index contributed by atoms with van der Waals surface area (Å²) in [5.74, 6) is 0.612. The van der Waals surface area contributed by atoms with Crippen molar-refractivity contribution in [2.75, 3.05) is 6.61 Å². The third-order valence-electron chi connectivity index (χ3n) is 3.50. The molecule has 13 heavy (non-hydrogen) atoms. The van der Waals surface area contributed by atoms with Gasteiger partial charge in [0.05, 0.1) is 12.2 Å². The molecular weight excluding hydrogens is 164 g/mol. The van der Waals surface area contributed by atoms with Crippen molar-refractivity contribution in [1.82, 2.24) is 0 Å². The molecule has 1 aliphatic heterocycles. The van der Waals surface area contributed by atoms with Gasteiger partial charge in [-0.15, -0.1) is 0 Å². The second-order valence-corrected chi connectivity index (χ2v) is 4.47. The highest BCUT2D eigenvalue weighted by atomic mass is 16.5. The monoisotopic (exact) mass is 184 g/mol. The second kappa shape index (κ2) is 4.43. The van der Waals surface area contributed by atoms with Crippen LogP contribution >= 0.6 is 0 Å². The lowest BCUT2D eigenvalue weighted by molar-refractivity contribution is 0.0336. The minimum absolute atomic E-state index is 0.0436. The lowest BCUT2D eigenvalue weighted by Crippen LogP contribution is -2.27. The summed E-state index contributed by atoms with van der Waals surface area (Å²) in [5.41, 5.74) is 0. The Kier molecular flexibility index (Phi) is 3.23. The quantitative estimate of drug-likeness (QED) is 0.725. The number of aliphatic hydroxyl groups is 1. The van der Waals surface area contributed by atoms with E-state index in [9.17, 15) is 5.11 Å². The maximum atomic E-state index is 9.77. The van der Waals surface area contributed by atoms with E-state index >= 15 is 0 Å². The van der Waals surface area contributed by atoms with Gasteiger partial charge in [0.2, 0.25) is 0 Å². The van der Waals surface area contributed by atoms with Gasteiger partial charge in [0, 0.05) is 6.61 Å². The number of aliphatic hydroxyl groups excluding tert-OH is 1. The fraction of sp³-hybridized carbons (Fsp3) is 1.00. The number of hydrogen-bond donors (Lipinski definition) is 1. The van der Waals surface area contributed by atoms with E-state index in [2.05, 4.69) is 0 Å². The largest absolute Gasteiger partial charge is 0.393 e. The van der Waals surface area contributed by atoms with E-state index in [1.54, 1.807) is 0 Å². The highest BCUT2D eigenvalue weighted by molar-refractivity contribution is 4.78. The van der Waals surface area contributed by atoms with Crippen molar-refractivity contribution < 1.29 is 9.84 Å². The third kappa shape index (κ3) is 2.44. The van der Waals surface area contributed by atoms with Gasteiger partial charge in [-0.25, -0.2) is 0 Å². The van der Waals surface area contributed by atoms with E-state index in [4.69, 9.17) is 4.74 Å². The summed E-state index contributed by atoms with van der Waals surface area (Å²) in [4.78, 5) is 0. The van der Waals surface area contributed by atoms with E-state index in [1.807, 2.05) is 0 Å². The zero-order valence-corrected chi connectivity index (χ0v) is 8.24. The molecule has 2 heteroatoms. The standard InChI is InChI=1S/C11H20O2/c12-11(9-3-1-4-9)7-6-10-5-2-8-13-10/h9-12H,1-8H2. The van der Waals surface area contributed by atoms with E-state index in [0.29, 0.717) is 12.0 Å². The average molecular weight is 184 g/mol. The van der Waals surface area contributed by atoms with E-state index in [-0.39, 0.29) is 6.10 Å². The van der Waals surface area contributed by atoms with Crippen molar-refractivity contribution in [2.45, 2.75) is 57.2 Å². The van der Waals surface area contributed by atoms with Crippen LogP contribution in [0.2, 0.25) is 0 Å². The predicted molar refractivity (Wildman–Crippen MR) is 51.6 cm³/mol. The maximum Gasteiger partial charge on any atom is 0.0577 e. The summed E-state index contributed by atoms with van der Waals surface area (Å²) in [5, 5.41) is 9.77. The third-order valence-corrected chi connectivity index (χ3v) is 3.50. The molecule has 0 radical (unpaired) electrons. The lowest BCUT2D eigenvalue weighted by Gasteiger charge is -2.30. The summed E-state index contributed by atoms with van der Waals surface area (Å²) < 4.78 is 5.52. The summed E-state index contributed by atoms with van der Waals surface area (Å²) in [7, 11) is 0. The van der Waals surface area contributed by atoms with Gasteiger partial charge >= 0.3 is 0 Å². The molecule has 0 aromatic rings. The van der Waals surface area contributed by atoms with Crippen molar-refractivity contribution >= 4 is 0 Å². The van der Waals surface area contributed by atoms with Crippen LogP contribution in [0.3, 0.4) is 0 Å². The van der Waals surface area contributed by atoms with E-state index in [1.165, 1.54) is 32.1 Å². The highest BCUT2D eigenvalue weighted by Gasteiger charge is 2.26. The molecule has 1 aliphatic carbocycles. The summed E-state index contributed by atoms with van der Waals surface area (Å²) in [6.45, 7) is 0.935. The first kappa shape index (κ1) is 9.47. The van der Waals surface area contributed by atoms with Crippen molar-refractivity contribution in [3.63, 3.8) is 0 Å². The predicted octanol–water partition coefficient (Wildman–Crippen LogP) is 2.11. The topological polar surface area (TPSA) is 29.5 Å². The van der Waals surface area contributed by atoms with E-state index in [0.717, 1.165) is 19.4 Å². The van der Waals surface area contributed by atoms with Gasteiger partial charge in [-0.05, 0) is 44.4 Å². The van der Waals surface area contributed by atoms with Crippen LogP contribution in [0.25, 0.3) is 0 Å². The van der Waals surface area contributed by atoms with Gasteiger partial charge in [-0.1, -0.05) is 6.42 Å². The van der Waals surface area contributed by atoms with Crippen LogP contribution in [0.15, 0.2) is 0 Å². The Balaban J connectivity index is 1.60. The lowest BCUT2D eigenvalue weighted by atomic mass is 9.79.